The van der Waals surface area contributed by atoms with Gasteiger partial charge in [0.2, 0.25) is 11.8 Å². The van der Waals surface area contributed by atoms with Crippen LogP contribution in [0.25, 0.3) is 0 Å². The Morgan fingerprint density at radius 2 is 1.48 bits per heavy atom. The van der Waals surface area contributed by atoms with E-state index >= 15 is 0 Å². The van der Waals surface area contributed by atoms with Gasteiger partial charge in [0.05, 0.1) is 10.6 Å². The van der Waals surface area contributed by atoms with E-state index in [1.165, 1.54) is 41.3 Å². The largest absolute Gasteiger partial charge is 0.352 e. The van der Waals surface area contributed by atoms with Crippen molar-refractivity contribution in [3.8, 4) is 0 Å². The Balaban J connectivity index is 1.82. The first-order valence-electron chi connectivity index (χ1n) is 14.2. The molecule has 0 aliphatic rings. The number of carbonyl (C=O) groups is 2. The molecule has 0 fully saturated rings. The summed E-state index contributed by atoms with van der Waals surface area (Å²) in [5, 5.41) is 3.24. The lowest BCUT2D eigenvalue weighted by atomic mass is 10.0. The van der Waals surface area contributed by atoms with Crippen molar-refractivity contribution in [3.05, 3.63) is 131 Å². The third kappa shape index (κ3) is 8.03. The second kappa shape index (κ2) is 14.5. The Morgan fingerprint density at radius 1 is 0.864 bits per heavy atom. The van der Waals surface area contributed by atoms with E-state index < -0.39 is 40.2 Å². The van der Waals surface area contributed by atoms with Gasteiger partial charge in [-0.05, 0) is 68.3 Å². The number of para-hydroxylation sites is 1. The average Bonchev–Trinajstić information content (AvgIpc) is 2.99. The van der Waals surface area contributed by atoms with Gasteiger partial charge in [-0.1, -0.05) is 78.3 Å². The number of hydrogen-bond acceptors (Lipinski definition) is 4. The first-order chi connectivity index (χ1) is 21.0. The van der Waals surface area contributed by atoms with Crippen molar-refractivity contribution >= 4 is 39.1 Å². The van der Waals surface area contributed by atoms with Crippen LogP contribution in [-0.4, -0.2) is 43.8 Å². The maximum Gasteiger partial charge on any atom is 0.264 e. The van der Waals surface area contributed by atoms with Gasteiger partial charge in [0.25, 0.3) is 10.0 Å². The molecule has 0 aliphatic carbocycles. The minimum Gasteiger partial charge on any atom is -0.352 e. The minimum atomic E-state index is -4.27. The van der Waals surface area contributed by atoms with Crippen LogP contribution in [0.4, 0.5) is 10.1 Å². The number of anilines is 1. The Hall–Kier alpha value is -4.21. The number of carbonyl (C=O) groups excluding carboxylic acids is 2. The van der Waals surface area contributed by atoms with E-state index in [9.17, 15) is 22.4 Å². The number of amides is 2. The SMILES string of the molecule is Cc1ccccc1N(CC(=O)N(Cc1ccccc1F)[C@@H](Cc1ccccc1)C(=O)NC(C)C)S(=O)(=O)c1ccc(Cl)cc1. The van der Waals surface area contributed by atoms with Crippen LogP contribution in [0.2, 0.25) is 5.02 Å². The second-order valence-electron chi connectivity index (χ2n) is 10.7. The predicted octanol–water partition coefficient (Wildman–Crippen LogP) is 6.15. The molecule has 0 heterocycles. The Bertz CT molecular complexity index is 1700. The molecular weight excluding hydrogens is 601 g/mol. The third-order valence-corrected chi connectivity index (χ3v) is 9.09. The molecule has 0 aromatic heterocycles. The van der Waals surface area contributed by atoms with E-state index in [1.54, 1.807) is 57.2 Å². The summed E-state index contributed by atoms with van der Waals surface area (Å²) in [6.45, 7) is 4.47. The van der Waals surface area contributed by atoms with Crippen LogP contribution < -0.4 is 9.62 Å². The molecule has 4 aromatic carbocycles. The number of benzene rings is 4. The second-order valence-corrected chi connectivity index (χ2v) is 13.0. The molecule has 0 radical (unpaired) electrons. The van der Waals surface area contributed by atoms with E-state index in [4.69, 9.17) is 11.6 Å². The quantitative estimate of drug-likeness (QED) is 0.202. The average molecular weight is 636 g/mol. The van der Waals surface area contributed by atoms with Crippen LogP contribution >= 0.6 is 11.6 Å². The molecule has 0 bridgehead atoms. The van der Waals surface area contributed by atoms with Gasteiger partial charge in [0.1, 0.15) is 18.4 Å². The van der Waals surface area contributed by atoms with Gasteiger partial charge in [-0.25, -0.2) is 12.8 Å². The highest BCUT2D eigenvalue weighted by molar-refractivity contribution is 7.92. The lowest BCUT2D eigenvalue weighted by molar-refractivity contribution is -0.140. The summed E-state index contributed by atoms with van der Waals surface area (Å²) < 4.78 is 44.2. The molecule has 10 heteroatoms. The number of nitrogens with zero attached hydrogens (tertiary/aromatic N) is 2. The number of rotatable bonds is 12. The summed E-state index contributed by atoms with van der Waals surface area (Å²) in [4.78, 5) is 29.3. The number of halogens is 2. The van der Waals surface area contributed by atoms with Gasteiger partial charge in [0, 0.05) is 29.6 Å². The number of sulfonamides is 1. The summed E-state index contributed by atoms with van der Waals surface area (Å²) in [5.74, 6) is -1.65. The maximum atomic E-state index is 15.0. The van der Waals surface area contributed by atoms with Crippen LogP contribution in [0.5, 0.6) is 0 Å². The fourth-order valence-corrected chi connectivity index (χ4v) is 6.44. The van der Waals surface area contributed by atoms with Crippen molar-refractivity contribution in [3.63, 3.8) is 0 Å². The summed E-state index contributed by atoms with van der Waals surface area (Å²) >= 11 is 6.03. The molecule has 7 nitrogen and oxygen atoms in total. The molecule has 2 amide bonds. The number of hydrogen-bond donors (Lipinski definition) is 1. The highest BCUT2D eigenvalue weighted by atomic mass is 35.5. The minimum absolute atomic E-state index is 0.0583. The first kappa shape index (κ1) is 32.7. The molecule has 1 atom stereocenters. The number of aryl methyl sites for hydroxylation is 1. The van der Waals surface area contributed by atoms with Gasteiger partial charge in [0.15, 0.2) is 0 Å². The summed E-state index contributed by atoms with van der Waals surface area (Å²) in [6.07, 6.45) is 0.133. The third-order valence-electron chi connectivity index (χ3n) is 7.07. The van der Waals surface area contributed by atoms with E-state index in [-0.39, 0.29) is 29.5 Å². The van der Waals surface area contributed by atoms with Crippen molar-refractivity contribution in [1.82, 2.24) is 10.2 Å². The van der Waals surface area contributed by atoms with Crippen LogP contribution in [-0.2, 0) is 32.6 Å². The highest BCUT2D eigenvalue weighted by Crippen LogP contribution is 2.28. The molecular formula is C34H35ClFN3O4S. The van der Waals surface area contributed by atoms with Crippen LogP contribution in [0.3, 0.4) is 0 Å². The summed E-state index contributed by atoms with van der Waals surface area (Å²) in [6, 6.07) is 26.4. The Labute approximate surface area is 263 Å². The van der Waals surface area contributed by atoms with Crippen molar-refractivity contribution in [2.75, 3.05) is 10.8 Å². The molecule has 4 rings (SSSR count). The molecule has 0 unspecified atom stereocenters. The van der Waals surface area contributed by atoms with E-state index in [2.05, 4.69) is 5.32 Å². The van der Waals surface area contributed by atoms with E-state index in [0.717, 1.165) is 9.87 Å². The molecule has 230 valence electrons. The van der Waals surface area contributed by atoms with Gasteiger partial charge in [-0.15, -0.1) is 0 Å². The lowest BCUT2D eigenvalue weighted by Crippen LogP contribution is -2.54. The monoisotopic (exact) mass is 635 g/mol. The zero-order valence-corrected chi connectivity index (χ0v) is 26.4. The van der Waals surface area contributed by atoms with Crippen molar-refractivity contribution in [2.24, 2.45) is 0 Å². The van der Waals surface area contributed by atoms with Gasteiger partial charge < -0.3 is 10.2 Å². The zero-order valence-electron chi connectivity index (χ0n) is 24.8. The topological polar surface area (TPSA) is 86.8 Å². The van der Waals surface area contributed by atoms with E-state index in [0.29, 0.717) is 16.3 Å². The Morgan fingerprint density at radius 3 is 2.11 bits per heavy atom. The van der Waals surface area contributed by atoms with Gasteiger partial charge >= 0.3 is 0 Å². The van der Waals surface area contributed by atoms with Crippen molar-refractivity contribution in [2.45, 2.75) is 50.7 Å². The first-order valence-corrected chi connectivity index (χ1v) is 16.0. The fourth-order valence-electron chi connectivity index (χ4n) is 4.84. The van der Waals surface area contributed by atoms with Crippen molar-refractivity contribution < 1.29 is 22.4 Å². The van der Waals surface area contributed by atoms with Crippen molar-refractivity contribution in [1.29, 1.82) is 0 Å². The zero-order chi connectivity index (χ0) is 31.9. The normalized spacial score (nSPS) is 12.0. The summed E-state index contributed by atoms with van der Waals surface area (Å²) in [7, 11) is -4.27. The molecule has 0 saturated carbocycles. The Kier molecular flexibility index (Phi) is 10.8. The van der Waals surface area contributed by atoms with Gasteiger partial charge in [-0.2, -0.15) is 0 Å². The molecule has 0 saturated heterocycles. The molecule has 0 aliphatic heterocycles. The maximum absolute atomic E-state index is 15.0. The molecule has 4 aromatic rings. The lowest BCUT2D eigenvalue weighted by Gasteiger charge is -2.34. The fraction of sp³-hybridized carbons (Fsp3) is 0.235. The van der Waals surface area contributed by atoms with Gasteiger partial charge in [-0.3, -0.25) is 13.9 Å². The predicted molar refractivity (Wildman–Crippen MR) is 171 cm³/mol. The molecule has 0 spiro atoms. The van der Waals surface area contributed by atoms with Crippen LogP contribution in [0, 0.1) is 12.7 Å². The smallest absolute Gasteiger partial charge is 0.264 e. The molecule has 1 N–H and O–H groups in total. The van der Waals surface area contributed by atoms with Crippen LogP contribution in [0.1, 0.15) is 30.5 Å². The van der Waals surface area contributed by atoms with E-state index in [1.807, 2.05) is 30.3 Å². The standard InChI is InChI=1S/C34H35ClFN3O4S/c1-24(2)37-34(41)32(21-26-12-5-4-6-13-26)38(22-27-14-8-9-15-30(27)36)33(40)23-39(31-16-10-7-11-25(31)3)44(42,43)29-19-17-28(35)18-20-29/h4-20,24,32H,21-23H2,1-3H3,(H,37,41)/t32-/m0/s1. The number of nitrogens with one attached hydrogen (secondary N) is 1. The van der Waals surface area contributed by atoms with Crippen LogP contribution in [0.15, 0.2) is 108 Å². The molecule has 44 heavy (non-hydrogen) atoms. The highest BCUT2D eigenvalue weighted by Gasteiger charge is 2.35. The summed E-state index contributed by atoms with van der Waals surface area (Å²) in [5.41, 5.74) is 1.90.